The molecular weight excluding hydrogens is 421 g/mol. The standard InChI is InChI=1S/C21H24Cl2F2N2O2/c22-20(23)21(29)27-18(12-25)19(28)17-8-6-16(7-9-17)15-4-2-14(3-5-15)13-26-11-1-10-24/h2-9,18-20,26,28H,1,10-13H2,(H,27,29). The zero-order valence-electron chi connectivity index (χ0n) is 15.8. The Kier molecular flexibility index (Phi) is 9.81. The highest BCUT2D eigenvalue weighted by atomic mass is 35.5. The number of hydrogen-bond donors (Lipinski definition) is 3. The van der Waals surface area contributed by atoms with Crippen LogP contribution in [-0.2, 0) is 11.3 Å². The van der Waals surface area contributed by atoms with Gasteiger partial charge in [0.05, 0.1) is 12.7 Å². The van der Waals surface area contributed by atoms with E-state index in [1.807, 2.05) is 36.4 Å². The molecule has 0 saturated heterocycles. The average molecular weight is 445 g/mol. The SMILES string of the molecule is O=C(NC(CF)C(O)c1ccc(-c2ccc(CNCCCF)cc2)cc1)C(Cl)Cl. The zero-order valence-corrected chi connectivity index (χ0v) is 17.3. The highest BCUT2D eigenvalue weighted by Crippen LogP contribution is 2.24. The van der Waals surface area contributed by atoms with Gasteiger partial charge in [-0.1, -0.05) is 71.7 Å². The first-order valence-electron chi connectivity index (χ1n) is 9.24. The molecule has 2 atom stereocenters. The van der Waals surface area contributed by atoms with E-state index in [0.29, 0.717) is 25.1 Å². The molecule has 0 spiro atoms. The molecule has 0 aliphatic rings. The van der Waals surface area contributed by atoms with Gasteiger partial charge in [-0.2, -0.15) is 0 Å². The summed E-state index contributed by atoms with van der Waals surface area (Å²) in [6, 6.07) is 13.8. The molecule has 8 heteroatoms. The molecule has 0 fully saturated rings. The molecule has 0 radical (unpaired) electrons. The number of hydrogen-bond acceptors (Lipinski definition) is 3. The number of amides is 1. The smallest absolute Gasteiger partial charge is 0.253 e. The Morgan fingerprint density at radius 2 is 1.59 bits per heavy atom. The highest BCUT2D eigenvalue weighted by Gasteiger charge is 2.25. The first-order valence-corrected chi connectivity index (χ1v) is 10.1. The maximum atomic E-state index is 13.2. The quantitative estimate of drug-likeness (QED) is 0.361. The Bertz CT molecular complexity index is 758. The van der Waals surface area contributed by atoms with E-state index in [1.54, 1.807) is 12.1 Å². The monoisotopic (exact) mass is 444 g/mol. The fourth-order valence-electron chi connectivity index (χ4n) is 2.79. The van der Waals surface area contributed by atoms with Gasteiger partial charge >= 0.3 is 0 Å². The maximum Gasteiger partial charge on any atom is 0.253 e. The van der Waals surface area contributed by atoms with E-state index in [9.17, 15) is 18.7 Å². The molecular formula is C21H24Cl2F2N2O2. The summed E-state index contributed by atoms with van der Waals surface area (Å²) >= 11 is 10.9. The number of halogens is 4. The Morgan fingerprint density at radius 3 is 2.10 bits per heavy atom. The minimum absolute atomic E-state index is 0.324. The number of alkyl halides is 4. The molecule has 0 aliphatic heterocycles. The van der Waals surface area contributed by atoms with Gasteiger partial charge in [0.1, 0.15) is 12.8 Å². The molecule has 2 rings (SSSR count). The van der Waals surface area contributed by atoms with Crippen LogP contribution in [-0.4, -0.2) is 41.8 Å². The molecule has 4 nitrogen and oxygen atoms in total. The van der Waals surface area contributed by atoms with Gasteiger partial charge in [0.25, 0.3) is 5.91 Å². The Labute approximate surface area is 179 Å². The van der Waals surface area contributed by atoms with Crippen molar-refractivity contribution in [1.82, 2.24) is 10.6 Å². The van der Waals surface area contributed by atoms with Crippen molar-refractivity contribution in [2.75, 3.05) is 19.9 Å². The molecule has 1 amide bonds. The Balaban J connectivity index is 2.00. The van der Waals surface area contributed by atoms with Crippen LogP contribution < -0.4 is 10.6 Å². The summed E-state index contributed by atoms with van der Waals surface area (Å²) in [5.41, 5.74) is 3.48. The lowest BCUT2D eigenvalue weighted by molar-refractivity contribution is -0.121. The molecule has 0 aliphatic carbocycles. The van der Waals surface area contributed by atoms with Crippen molar-refractivity contribution < 1.29 is 18.7 Å². The van der Waals surface area contributed by atoms with Gasteiger partial charge in [-0.15, -0.1) is 0 Å². The molecule has 0 bridgehead atoms. The predicted molar refractivity (Wildman–Crippen MR) is 113 cm³/mol. The normalized spacial score (nSPS) is 13.3. The number of carbonyl (C=O) groups excluding carboxylic acids is 1. The number of benzene rings is 2. The van der Waals surface area contributed by atoms with Crippen LogP contribution in [0, 0.1) is 0 Å². The summed E-state index contributed by atoms with van der Waals surface area (Å²) in [7, 11) is 0. The lowest BCUT2D eigenvalue weighted by Crippen LogP contribution is -2.43. The Morgan fingerprint density at radius 1 is 1.00 bits per heavy atom. The maximum absolute atomic E-state index is 13.2. The van der Waals surface area contributed by atoms with Crippen molar-refractivity contribution in [1.29, 1.82) is 0 Å². The molecule has 158 valence electrons. The number of carbonyl (C=O) groups is 1. The van der Waals surface area contributed by atoms with Gasteiger partial charge in [0, 0.05) is 6.54 Å². The number of aliphatic hydroxyl groups excluding tert-OH is 1. The summed E-state index contributed by atoms with van der Waals surface area (Å²) in [5.74, 6) is -0.758. The van der Waals surface area contributed by atoms with Crippen molar-refractivity contribution in [2.45, 2.75) is 29.9 Å². The van der Waals surface area contributed by atoms with E-state index >= 15 is 0 Å². The van der Waals surface area contributed by atoms with E-state index in [4.69, 9.17) is 23.2 Å². The molecule has 0 aromatic heterocycles. The second-order valence-corrected chi connectivity index (χ2v) is 7.65. The summed E-state index contributed by atoms with van der Waals surface area (Å²) < 4.78 is 25.3. The first-order chi connectivity index (χ1) is 14.0. The minimum Gasteiger partial charge on any atom is -0.386 e. The van der Waals surface area contributed by atoms with Crippen molar-refractivity contribution in [2.24, 2.45) is 0 Å². The van der Waals surface area contributed by atoms with Crippen molar-refractivity contribution in [3.8, 4) is 11.1 Å². The fraction of sp³-hybridized carbons (Fsp3) is 0.381. The van der Waals surface area contributed by atoms with E-state index < -0.39 is 29.6 Å². The van der Waals surface area contributed by atoms with Gasteiger partial charge in [0.2, 0.25) is 0 Å². The zero-order chi connectivity index (χ0) is 21.2. The van der Waals surface area contributed by atoms with E-state index in [2.05, 4.69) is 10.6 Å². The lowest BCUT2D eigenvalue weighted by Gasteiger charge is -2.22. The molecule has 2 aromatic carbocycles. The van der Waals surface area contributed by atoms with E-state index in [1.165, 1.54) is 0 Å². The van der Waals surface area contributed by atoms with Gasteiger partial charge in [0.15, 0.2) is 4.84 Å². The lowest BCUT2D eigenvalue weighted by atomic mass is 9.98. The minimum atomic E-state index is -1.33. The Hall–Kier alpha value is -1.73. The second-order valence-electron chi connectivity index (χ2n) is 6.55. The van der Waals surface area contributed by atoms with Crippen molar-refractivity contribution >= 4 is 29.1 Å². The van der Waals surface area contributed by atoms with Crippen LogP contribution in [0.5, 0.6) is 0 Å². The van der Waals surface area contributed by atoms with Crippen LogP contribution in [0.2, 0.25) is 0 Å². The van der Waals surface area contributed by atoms with E-state index in [0.717, 1.165) is 16.7 Å². The van der Waals surface area contributed by atoms with Crippen LogP contribution >= 0.6 is 23.2 Å². The molecule has 0 saturated carbocycles. The summed E-state index contributed by atoms with van der Waals surface area (Å²) in [6.07, 6.45) is -0.732. The molecule has 2 aromatic rings. The molecule has 29 heavy (non-hydrogen) atoms. The van der Waals surface area contributed by atoms with Crippen molar-refractivity contribution in [3.63, 3.8) is 0 Å². The van der Waals surface area contributed by atoms with Crippen LogP contribution in [0.25, 0.3) is 11.1 Å². The number of aliphatic hydroxyl groups is 1. The first kappa shape index (κ1) is 23.5. The van der Waals surface area contributed by atoms with Gasteiger partial charge in [-0.25, -0.2) is 4.39 Å². The van der Waals surface area contributed by atoms with Crippen LogP contribution in [0.15, 0.2) is 48.5 Å². The summed E-state index contributed by atoms with van der Waals surface area (Å²) in [5, 5.41) is 15.8. The summed E-state index contributed by atoms with van der Waals surface area (Å²) in [4.78, 5) is 10.2. The van der Waals surface area contributed by atoms with Gasteiger partial charge in [-0.3, -0.25) is 9.18 Å². The van der Waals surface area contributed by atoms with Crippen LogP contribution in [0.1, 0.15) is 23.7 Å². The summed E-state index contributed by atoms with van der Waals surface area (Å²) in [6.45, 7) is 0.0248. The highest BCUT2D eigenvalue weighted by molar-refractivity contribution is 6.53. The third-order valence-corrected chi connectivity index (χ3v) is 4.83. The topological polar surface area (TPSA) is 61.4 Å². The van der Waals surface area contributed by atoms with Crippen LogP contribution in [0.4, 0.5) is 8.78 Å². The third kappa shape index (κ3) is 7.23. The van der Waals surface area contributed by atoms with Gasteiger partial charge in [-0.05, 0) is 35.2 Å². The van der Waals surface area contributed by atoms with E-state index in [-0.39, 0.29) is 6.67 Å². The average Bonchev–Trinajstić information content (AvgIpc) is 2.75. The molecule has 2 unspecified atom stereocenters. The third-order valence-electron chi connectivity index (χ3n) is 4.43. The van der Waals surface area contributed by atoms with Crippen molar-refractivity contribution in [3.05, 3.63) is 59.7 Å². The number of nitrogens with one attached hydrogen (secondary N) is 2. The largest absolute Gasteiger partial charge is 0.386 e. The van der Waals surface area contributed by atoms with Crippen LogP contribution in [0.3, 0.4) is 0 Å². The number of rotatable bonds is 11. The second kappa shape index (κ2) is 12.1. The molecule has 0 heterocycles. The fourth-order valence-corrected chi connectivity index (χ4v) is 2.92. The predicted octanol–water partition coefficient (Wildman–Crippen LogP) is 4.09. The molecule has 3 N–H and O–H groups in total. The van der Waals surface area contributed by atoms with Gasteiger partial charge < -0.3 is 15.7 Å².